The largest absolute Gasteiger partial charge is 0.396 e. The highest BCUT2D eigenvalue weighted by atomic mass is 32.2. The summed E-state index contributed by atoms with van der Waals surface area (Å²) >= 11 is 1.79. The van der Waals surface area contributed by atoms with Gasteiger partial charge in [-0.25, -0.2) is 0 Å². The predicted molar refractivity (Wildman–Crippen MR) is 66.5 cm³/mol. The lowest BCUT2D eigenvalue weighted by Gasteiger charge is -2.22. The zero-order valence-electron chi connectivity index (χ0n) is 9.71. The molecule has 0 aromatic heterocycles. The van der Waals surface area contributed by atoms with Gasteiger partial charge in [-0.05, 0) is 43.3 Å². The summed E-state index contributed by atoms with van der Waals surface area (Å²) in [4.78, 5) is 11.9. The molecule has 1 unspecified atom stereocenters. The van der Waals surface area contributed by atoms with E-state index >= 15 is 0 Å². The maximum atomic E-state index is 11.9. The second-order valence-corrected chi connectivity index (χ2v) is 6.36. The van der Waals surface area contributed by atoms with Crippen molar-refractivity contribution in [2.75, 3.05) is 18.9 Å². The first-order valence-electron chi connectivity index (χ1n) is 6.26. The third-order valence-corrected chi connectivity index (χ3v) is 5.09. The van der Waals surface area contributed by atoms with E-state index in [0.717, 1.165) is 38.0 Å². The van der Waals surface area contributed by atoms with Gasteiger partial charge < -0.3 is 10.4 Å². The Morgan fingerprint density at radius 3 is 2.81 bits per heavy atom. The van der Waals surface area contributed by atoms with E-state index in [1.807, 2.05) is 0 Å². The van der Waals surface area contributed by atoms with Gasteiger partial charge in [0, 0.05) is 13.2 Å². The highest BCUT2D eigenvalue weighted by molar-refractivity contribution is 8.00. The van der Waals surface area contributed by atoms with Gasteiger partial charge >= 0.3 is 0 Å². The number of amides is 1. The summed E-state index contributed by atoms with van der Waals surface area (Å²) in [6.45, 7) is 1.01. The van der Waals surface area contributed by atoms with Crippen molar-refractivity contribution < 1.29 is 9.90 Å². The highest BCUT2D eigenvalue weighted by Crippen LogP contribution is 2.47. The van der Waals surface area contributed by atoms with Crippen LogP contribution in [0.4, 0.5) is 0 Å². The molecule has 2 aliphatic rings. The Morgan fingerprint density at radius 2 is 2.25 bits per heavy atom. The van der Waals surface area contributed by atoms with E-state index in [4.69, 9.17) is 5.11 Å². The molecule has 2 N–H and O–H groups in total. The molecule has 1 amide bonds. The lowest BCUT2D eigenvalue weighted by molar-refractivity contribution is -0.121. The maximum absolute atomic E-state index is 11.9. The Bertz CT molecular complexity index is 247. The first kappa shape index (κ1) is 12.2. The standard InChI is InChI=1S/C12H21NO2S/c14-7-6-12(4-5-12)9-13-11(15)10-3-1-2-8-16-10/h10,14H,1-9H2,(H,13,15). The molecule has 92 valence electrons. The Labute approximate surface area is 101 Å². The molecule has 1 atom stereocenters. The zero-order chi connectivity index (χ0) is 11.4. The number of hydrogen-bond acceptors (Lipinski definition) is 3. The van der Waals surface area contributed by atoms with Gasteiger partial charge in [0.2, 0.25) is 5.91 Å². The molecule has 3 nitrogen and oxygen atoms in total. The van der Waals surface area contributed by atoms with Crippen LogP contribution in [0.2, 0.25) is 0 Å². The lowest BCUT2D eigenvalue weighted by Crippen LogP contribution is -2.37. The van der Waals surface area contributed by atoms with Gasteiger partial charge in [-0.15, -0.1) is 11.8 Å². The van der Waals surface area contributed by atoms with Crippen LogP contribution in [-0.4, -0.2) is 35.2 Å². The molecule has 1 saturated carbocycles. The summed E-state index contributed by atoms with van der Waals surface area (Å²) in [6, 6.07) is 0. The van der Waals surface area contributed by atoms with Gasteiger partial charge in [-0.2, -0.15) is 0 Å². The third-order valence-electron chi connectivity index (χ3n) is 3.71. The number of aliphatic hydroxyl groups is 1. The van der Waals surface area contributed by atoms with E-state index in [9.17, 15) is 4.79 Å². The Morgan fingerprint density at radius 1 is 1.44 bits per heavy atom. The van der Waals surface area contributed by atoms with Crippen molar-refractivity contribution in [3.8, 4) is 0 Å². The van der Waals surface area contributed by atoms with Crippen LogP contribution >= 0.6 is 11.8 Å². The van der Waals surface area contributed by atoms with Crippen LogP contribution in [0.5, 0.6) is 0 Å². The fraction of sp³-hybridized carbons (Fsp3) is 0.917. The molecule has 4 heteroatoms. The molecular formula is C12H21NO2S. The van der Waals surface area contributed by atoms with Gasteiger partial charge in [0.05, 0.1) is 5.25 Å². The quantitative estimate of drug-likeness (QED) is 0.770. The second kappa shape index (κ2) is 5.41. The second-order valence-electron chi connectivity index (χ2n) is 5.05. The lowest BCUT2D eigenvalue weighted by atomic mass is 10.0. The summed E-state index contributed by atoms with van der Waals surface area (Å²) in [6.07, 6.45) is 6.63. The molecule has 1 aliphatic carbocycles. The Hall–Kier alpha value is -0.220. The molecular weight excluding hydrogens is 222 g/mol. The molecule has 0 radical (unpaired) electrons. The summed E-state index contributed by atoms with van der Waals surface area (Å²) in [7, 11) is 0. The minimum atomic E-state index is 0.179. The molecule has 1 aliphatic heterocycles. The minimum absolute atomic E-state index is 0.179. The number of nitrogens with one attached hydrogen (secondary N) is 1. The average molecular weight is 243 g/mol. The molecule has 2 rings (SSSR count). The fourth-order valence-corrected chi connectivity index (χ4v) is 3.49. The number of carbonyl (C=O) groups is 1. The van der Waals surface area contributed by atoms with Crippen LogP contribution in [0.3, 0.4) is 0 Å². The first-order valence-corrected chi connectivity index (χ1v) is 7.31. The predicted octanol–water partition coefficient (Wildman–Crippen LogP) is 1.55. The van der Waals surface area contributed by atoms with Crippen molar-refractivity contribution in [1.82, 2.24) is 5.32 Å². The Balaban J connectivity index is 1.70. The van der Waals surface area contributed by atoms with Crippen LogP contribution in [0.1, 0.15) is 38.5 Å². The maximum Gasteiger partial charge on any atom is 0.233 e. The van der Waals surface area contributed by atoms with Crippen molar-refractivity contribution in [2.24, 2.45) is 5.41 Å². The summed E-state index contributed by atoms with van der Waals surface area (Å²) in [5.74, 6) is 1.34. The van der Waals surface area contributed by atoms with E-state index in [0.29, 0.717) is 0 Å². The molecule has 0 spiro atoms. The van der Waals surface area contributed by atoms with Crippen LogP contribution in [-0.2, 0) is 4.79 Å². The van der Waals surface area contributed by atoms with Crippen LogP contribution in [0.25, 0.3) is 0 Å². The van der Waals surface area contributed by atoms with E-state index in [1.165, 1.54) is 12.8 Å². The minimum Gasteiger partial charge on any atom is -0.396 e. The number of carbonyl (C=O) groups excluding carboxylic acids is 1. The van der Waals surface area contributed by atoms with E-state index < -0.39 is 0 Å². The van der Waals surface area contributed by atoms with Gasteiger partial charge in [-0.1, -0.05) is 6.42 Å². The van der Waals surface area contributed by atoms with Crippen molar-refractivity contribution in [3.63, 3.8) is 0 Å². The smallest absolute Gasteiger partial charge is 0.233 e. The van der Waals surface area contributed by atoms with E-state index in [2.05, 4.69) is 5.32 Å². The summed E-state index contributed by atoms with van der Waals surface area (Å²) in [5, 5.41) is 12.2. The molecule has 0 aromatic rings. The van der Waals surface area contributed by atoms with Crippen molar-refractivity contribution in [3.05, 3.63) is 0 Å². The fourth-order valence-electron chi connectivity index (χ4n) is 2.27. The first-order chi connectivity index (χ1) is 7.76. The molecule has 1 saturated heterocycles. The number of aliphatic hydroxyl groups excluding tert-OH is 1. The van der Waals surface area contributed by atoms with Crippen LogP contribution in [0, 0.1) is 5.41 Å². The number of rotatable bonds is 5. The van der Waals surface area contributed by atoms with Crippen molar-refractivity contribution in [1.29, 1.82) is 0 Å². The topological polar surface area (TPSA) is 49.3 Å². The van der Waals surface area contributed by atoms with Crippen molar-refractivity contribution in [2.45, 2.75) is 43.8 Å². The molecule has 1 heterocycles. The SMILES string of the molecule is O=C(NCC1(CCO)CC1)C1CCCCS1. The van der Waals surface area contributed by atoms with Gasteiger partial charge in [-0.3, -0.25) is 4.79 Å². The summed E-state index contributed by atoms with van der Waals surface area (Å²) in [5.41, 5.74) is 0.240. The number of thioether (sulfide) groups is 1. The monoisotopic (exact) mass is 243 g/mol. The number of hydrogen-bond donors (Lipinski definition) is 2. The Kier molecular flexibility index (Phi) is 4.14. The third kappa shape index (κ3) is 3.14. The van der Waals surface area contributed by atoms with Gasteiger partial charge in [0.15, 0.2) is 0 Å². The van der Waals surface area contributed by atoms with E-state index in [1.54, 1.807) is 11.8 Å². The molecule has 0 bridgehead atoms. The average Bonchev–Trinajstić information content (AvgIpc) is 3.08. The van der Waals surface area contributed by atoms with Gasteiger partial charge in [0.25, 0.3) is 0 Å². The van der Waals surface area contributed by atoms with Crippen molar-refractivity contribution >= 4 is 17.7 Å². The summed E-state index contributed by atoms with van der Waals surface area (Å²) < 4.78 is 0. The highest BCUT2D eigenvalue weighted by Gasteiger charge is 2.42. The molecule has 16 heavy (non-hydrogen) atoms. The van der Waals surface area contributed by atoms with Crippen LogP contribution < -0.4 is 5.32 Å². The molecule has 0 aromatic carbocycles. The normalized spacial score (nSPS) is 27.4. The molecule has 2 fully saturated rings. The van der Waals surface area contributed by atoms with Crippen LogP contribution in [0.15, 0.2) is 0 Å². The zero-order valence-corrected chi connectivity index (χ0v) is 10.5. The van der Waals surface area contributed by atoms with E-state index in [-0.39, 0.29) is 23.2 Å². The van der Waals surface area contributed by atoms with Gasteiger partial charge in [0.1, 0.15) is 0 Å².